The van der Waals surface area contributed by atoms with Crippen molar-refractivity contribution in [2.75, 3.05) is 19.8 Å². The highest BCUT2D eigenvalue weighted by Crippen LogP contribution is 2.39. The molecule has 2 aliphatic rings. The van der Waals surface area contributed by atoms with Gasteiger partial charge in [0.15, 0.2) is 0 Å². The van der Waals surface area contributed by atoms with Gasteiger partial charge in [0.2, 0.25) is 0 Å². The third-order valence-corrected chi connectivity index (χ3v) is 3.47. The van der Waals surface area contributed by atoms with Crippen molar-refractivity contribution in [1.82, 2.24) is 5.32 Å². The Morgan fingerprint density at radius 3 is 2.62 bits per heavy atom. The number of rotatable bonds is 4. The van der Waals surface area contributed by atoms with Gasteiger partial charge in [0.1, 0.15) is 0 Å². The summed E-state index contributed by atoms with van der Waals surface area (Å²) in [5.41, 5.74) is 0.364. The molecule has 76 valence electrons. The zero-order chi connectivity index (χ0) is 9.31. The van der Waals surface area contributed by atoms with Gasteiger partial charge in [-0.25, -0.2) is 0 Å². The van der Waals surface area contributed by atoms with Crippen LogP contribution in [0.4, 0.5) is 0 Å². The fraction of sp³-hybridized carbons (Fsp3) is 1.00. The molecule has 0 spiro atoms. The number of hydrogen-bond donors (Lipinski definition) is 1. The summed E-state index contributed by atoms with van der Waals surface area (Å²) < 4.78 is 5.36. The maximum atomic E-state index is 5.36. The van der Waals surface area contributed by atoms with Gasteiger partial charge in [0.05, 0.1) is 6.61 Å². The Hall–Kier alpha value is -0.0800. The first-order valence-corrected chi connectivity index (χ1v) is 5.51. The van der Waals surface area contributed by atoms with E-state index in [1.54, 1.807) is 0 Å². The smallest absolute Gasteiger partial charge is 0.0507 e. The van der Waals surface area contributed by atoms with E-state index in [2.05, 4.69) is 19.2 Å². The summed E-state index contributed by atoms with van der Waals surface area (Å²) in [5.74, 6) is 1.69. The Bertz CT molecular complexity index is 169. The zero-order valence-electron chi connectivity index (χ0n) is 8.81. The summed E-state index contributed by atoms with van der Waals surface area (Å²) in [7, 11) is 0. The number of ether oxygens (including phenoxy) is 1. The highest BCUT2D eigenvalue weighted by molar-refractivity contribution is 4.94. The summed E-state index contributed by atoms with van der Waals surface area (Å²) in [6.45, 7) is 7.74. The molecule has 2 fully saturated rings. The molecule has 0 aromatic carbocycles. The topological polar surface area (TPSA) is 21.3 Å². The first-order chi connectivity index (χ1) is 6.18. The fourth-order valence-corrected chi connectivity index (χ4v) is 2.10. The van der Waals surface area contributed by atoms with Crippen molar-refractivity contribution in [3.63, 3.8) is 0 Å². The Morgan fingerprint density at radius 2 is 2.08 bits per heavy atom. The maximum absolute atomic E-state index is 5.36. The second-order valence-corrected chi connectivity index (χ2v) is 5.11. The molecular formula is C11H21NO. The zero-order valence-corrected chi connectivity index (χ0v) is 8.81. The van der Waals surface area contributed by atoms with Crippen LogP contribution in [0.1, 0.15) is 33.1 Å². The van der Waals surface area contributed by atoms with Crippen molar-refractivity contribution >= 4 is 0 Å². The first kappa shape index (κ1) is 9.47. The SMILES string of the molecule is CC(C)(NCC1CCOC1)C1CC1. The Labute approximate surface area is 81.0 Å². The van der Waals surface area contributed by atoms with Gasteiger partial charge in [-0.05, 0) is 44.9 Å². The summed E-state index contributed by atoms with van der Waals surface area (Å²) >= 11 is 0. The van der Waals surface area contributed by atoms with Gasteiger partial charge in [-0.2, -0.15) is 0 Å². The van der Waals surface area contributed by atoms with Gasteiger partial charge < -0.3 is 10.1 Å². The van der Waals surface area contributed by atoms with E-state index >= 15 is 0 Å². The average Bonchev–Trinajstić information content (AvgIpc) is 2.82. The lowest BCUT2D eigenvalue weighted by Gasteiger charge is -2.27. The predicted octanol–water partition coefficient (Wildman–Crippen LogP) is 1.80. The summed E-state index contributed by atoms with van der Waals surface area (Å²) in [6, 6.07) is 0. The molecule has 0 aromatic rings. The molecule has 1 saturated carbocycles. The van der Waals surface area contributed by atoms with Crippen LogP contribution < -0.4 is 5.32 Å². The van der Waals surface area contributed by atoms with E-state index in [4.69, 9.17) is 4.74 Å². The Balaban J connectivity index is 1.70. The highest BCUT2D eigenvalue weighted by atomic mass is 16.5. The van der Waals surface area contributed by atoms with E-state index in [0.29, 0.717) is 5.54 Å². The molecule has 1 heterocycles. The minimum Gasteiger partial charge on any atom is -0.381 e. The van der Waals surface area contributed by atoms with Crippen LogP contribution in [0, 0.1) is 11.8 Å². The summed E-state index contributed by atoms with van der Waals surface area (Å²) in [4.78, 5) is 0. The molecule has 2 nitrogen and oxygen atoms in total. The molecule has 2 heteroatoms. The highest BCUT2D eigenvalue weighted by Gasteiger charge is 2.37. The van der Waals surface area contributed by atoms with E-state index in [0.717, 1.165) is 31.6 Å². The average molecular weight is 183 g/mol. The molecule has 0 radical (unpaired) electrons. The maximum Gasteiger partial charge on any atom is 0.0507 e. The lowest BCUT2D eigenvalue weighted by Crippen LogP contribution is -2.43. The van der Waals surface area contributed by atoms with Gasteiger partial charge in [-0.1, -0.05) is 0 Å². The third-order valence-electron chi connectivity index (χ3n) is 3.47. The molecular weight excluding hydrogens is 162 g/mol. The van der Waals surface area contributed by atoms with Crippen LogP contribution in [0.5, 0.6) is 0 Å². The Kier molecular flexibility index (Phi) is 2.61. The van der Waals surface area contributed by atoms with Crippen LogP contribution in [0.25, 0.3) is 0 Å². The number of nitrogens with one attached hydrogen (secondary N) is 1. The van der Waals surface area contributed by atoms with Crippen molar-refractivity contribution in [2.24, 2.45) is 11.8 Å². The van der Waals surface area contributed by atoms with Crippen molar-refractivity contribution in [3.8, 4) is 0 Å². The summed E-state index contributed by atoms with van der Waals surface area (Å²) in [5, 5.41) is 3.68. The van der Waals surface area contributed by atoms with E-state index in [1.165, 1.54) is 19.3 Å². The van der Waals surface area contributed by atoms with Crippen LogP contribution in [-0.2, 0) is 4.74 Å². The van der Waals surface area contributed by atoms with E-state index < -0.39 is 0 Å². The standard InChI is InChI=1S/C11H21NO/c1-11(2,10-3-4-10)12-7-9-5-6-13-8-9/h9-10,12H,3-8H2,1-2H3. The summed E-state index contributed by atoms with van der Waals surface area (Å²) in [6.07, 6.45) is 4.08. The van der Waals surface area contributed by atoms with Crippen molar-refractivity contribution < 1.29 is 4.74 Å². The molecule has 1 aliphatic carbocycles. The molecule has 1 aliphatic heterocycles. The van der Waals surface area contributed by atoms with Gasteiger partial charge >= 0.3 is 0 Å². The molecule has 0 aromatic heterocycles. The minimum absolute atomic E-state index is 0.364. The van der Waals surface area contributed by atoms with Crippen LogP contribution in [0.2, 0.25) is 0 Å². The second kappa shape index (κ2) is 3.58. The van der Waals surface area contributed by atoms with Crippen molar-refractivity contribution in [1.29, 1.82) is 0 Å². The third kappa shape index (κ3) is 2.44. The van der Waals surface area contributed by atoms with Crippen molar-refractivity contribution in [2.45, 2.75) is 38.6 Å². The molecule has 1 N–H and O–H groups in total. The van der Waals surface area contributed by atoms with Crippen LogP contribution >= 0.6 is 0 Å². The fourth-order valence-electron chi connectivity index (χ4n) is 2.10. The minimum atomic E-state index is 0.364. The van der Waals surface area contributed by atoms with Gasteiger partial charge in [0.25, 0.3) is 0 Å². The number of hydrogen-bond acceptors (Lipinski definition) is 2. The largest absolute Gasteiger partial charge is 0.381 e. The van der Waals surface area contributed by atoms with Crippen LogP contribution in [0.15, 0.2) is 0 Å². The molecule has 0 bridgehead atoms. The molecule has 1 atom stereocenters. The van der Waals surface area contributed by atoms with E-state index in [-0.39, 0.29) is 0 Å². The van der Waals surface area contributed by atoms with Crippen LogP contribution in [0.3, 0.4) is 0 Å². The molecule has 2 rings (SSSR count). The molecule has 1 unspecified atom stereocenters. The van der Waals surface area contributed by atoms with Gasteiger partial charge in [0, 0.05) is 18.7 Å². The lowest BCUT2D eigenvalue weighted by atomic mass is 9.97. The molecule has 13 heavy (non-hydrogen) atoms. The quantitative estimate of drug-likeness (QED) is 0.717. The van der Waals surface area contributed by atoms with E-state index in [1.807, 2.05) is 0 Å². The van der Waals surface area contributed by atoms with Gasteiger partial charge in [-0.3, -0.25) is 0 Å². The normalized spacial score (nSPS) is 29.5. The first-order valence-electron chi connectivity index (χ1n) is 5.51. The predicted molar refractivity (Wildman–Crippen MR) is 53.7 cm³/mol. The van der Waals surface area contributed by atoms with Crippen molar-refractivity contribution in [3.05, 3.63) is 0 Å². The molecule has 1 saturated heterocycles. The van der Waals surface area contributed by atoms with Crippen LogP contribution in [-0.4, -0.2) is 25.3 Å². The molecule has 0 amide bonds. The second-order valence-electron chi connectivity index (χ2n) is 5.11. The van der Waals surface area contributed by atoms with Gasteiger partial charge in [-0.15, -0.1) is 0 Å². The Morgan fingerprint density at radius 1 is 1.31 bits per heavy atom. The monoisotopic (exact) mass is 183 g/mol. The lowest BCUT2D eigenvalue weighted by molar-refractivity contribution is 0.182. The van der Waals surface area contributed by atoms with E-state index in [9.17, 15) is 0 Å².